The van der Waals surface area contributed by atoms with Crippen LogP contribution in [0.5, 0.6) is 0 Å². The van der Waals surface area contributed by atoms with E-state index >= 15 is 0 Å². The molecule has 0 aromatic rings. The molecular weight excluding hydrogens is 179 g/mol. The summed E-state index contributed by atoms with van der Waals surface area (Å²) in [7, 11) is -1.83. The van der Waals surface area contributed by atoms with Crippen molar-refractivity contribution < 1.29 is 18.7 Å². The second-order valence-electron chi connectivity index (χ2n) is 1.78. The molecule has 0 unspecified atom stereocenters. The SMILES string of the molecule is CCCO.CCO[P+](=O)OCC. The minimum Gasteiger partial charge on any atom is -0.396 e. The highest BCUT2D eigenvalue weighted by Gasteiger charge is 2.15. The van der Waals surface area contributed by atoms with Gasteiger partial charge in [-0.2, -0.15) is 0 Å². The van der Waals surface area contributed by atoms with Crippen LogP contribution in [0.15, 0.2) is 0 Å². The van der Waals surface area contributed by atoms with Gasteiger partial charge in [-0.3, -0.25) is 0 Å². The van der Waals surface area contributed by atoms with E-state index in [4.69, 9.17) is 5.11 Å². The van der Waals surface area contributed by atoms with Crippen LogP contribution in [-0.4, -0.2) is 24.9 Å². The summed E-state index contributed by atoms with van der Waals surface area (Å²) in [5.74, 6) is 0. The fourth-order valence-corrected chi connectivity index (χ4v) is 0.744. The third kappa shape index (κ3) is 16.5. The zero-order valence-corrected chi connectivity index (χ0v) is 8.84. The molecule has 0 rings (SSSR count). The summed E-state index contributed by atoms with van der Waals surface area (Å²) >= 11 is 0. The lowest BCUT2D eigenvalue weighted by molar-refractivity contribution is 0.243. The van der Waals surface area contributed by atoms with E-state index in [-0.39, 0.29) is 0 Å². The predicted molar refractivity (Wildman–Crippen MR) is 48.2 cm³/mol. The van der Waals surface area contributed by atoms with Crippen molar-refractivity contribution >= 4 is 8.25 Å². The molecule has 5 heteroatoms. The number of rotatable bonds is 5. The zero-order valence-electron chi connectivity index (χ0n) is 7.95. The van der Waals surface area contributed by atoms with Crippen LogP contribution in [0.2, 0.25) is 0 Å². The van der Waals surface area contributed by atoms with Crippen molar-refractivity contribution in [2.24, 2.45) is 0 Å². The summed E-state index contributed by atoms with van der Waals surface area (Å²) in [5.41, 5.74) is 0. The lowest BCUT2D eigenvalue weighted by Gasteiger charge is -1.78. The molecule has 0 aromatic heterocycles. The summed E-state index contributed by atoms with van der Waals surface area (Å²) in [6.45, 7) is 6.67. The topological polar surface area (TPSA) is 55.8 Å². The molecule has 12 heavy (non-hydrogen) atoms. The lowest BCUT2D eigenvalue weighted by atomic mass is 10.5. The summed E-state index contributed by atoms with van der Waals surface area (Å²) in [6, 6.07) is 0. The summed E-state index contributed by atoms with van der Waals surface area (Å²) in [4.78, 5) is 0. The van der Waals surface area contributed by atoms with Crippen LogP contribution in [0, 0.1) is 0 Å². The van der Waals surface area contributed by atoms with Crippen LogP contribution >= 0.6 is 8.25 Å². The van der Waals surface area contributed by atoms with E-state index in [1.54, 1.807) is 13.8 Å². The molecule has 0 aromatic carbocycles. The largest absolute Gasteiger partial charge is 0.697 e. The number of aliphatic hydroxyl groups is 1. The lowest BCUT2D eigenvalue weighted by Crippen LogP contribution is -1.81. The van der Waals surface area contributed by atoms with E-state index in [9.17, 15) is 4.57 Å². The van der Waals surface area contributed by atoms with Crippen molar-refractivity contribution in [3.63, 3.8) is 0 Å². The maximum Gasteiger partial charge on any atom is 0.697 e. The van der Waals surface area contributed by atoms with Gasteiger partial charge in [0.25, 0.3) is 0 Å². The molecule has 0 aliphatic heterocycles. The Labute approximate surface area is 74.8 Å². The molecule has 0 aliphatic carbocycles. The van der Waals surface area contributed by atoms with Gasteiger partial charge in [-0.1, -0.05) is 6.92 Å². The minimum atomic E-state index is -1.83. The fourth-order valence-electron chi connectivity index (χ4n) is 0.248. The van der Waals surface area contributed by atoms with Crippen molar-refractivity contribution in [3.8, 4) is 0 Å². The van der Waals surface area contributed by atoms with Crippen LogP contribution in [0.3, 0.4) is 0 Å². The van der Waals surface area contributed by atoms with Gasteiger partial charge >= 0.3 is 8.25 Å². The van der Waals surface area contributed by atoms with E-state index in [1.165, 1.54) is 0 Å². The first kappa shape index (κ1) is 14.5. The van der Waals surface area contributed by atoms with Crippen LogP contribution < -0.4 is 0 Å². The molecule has 0 atom stereocenters. The maximum atomic E-state index is 10.3. The standard InChI is InChI=1S/C4H10O3P.C3H8O/c1-3-6-8(5)7-4-2;1-2-3-4/h3-4H2,1-2H3;4H,2-3H2,1H3/q+1;. The van der Waals surface area contributed by atoms with Crippen LogP contribution in [0.25, 0.3) is 0 Å². The monoisotopic (exact) mass is 197 g/mol. The molecule has 0 bridgehead atoms. The first-order chi connectivity index (χ1) is 5.72. The highest BCUT2D eigenvalue weighted by molar-refractivity contribution is 7.33. The summed E-state index contributed by atoms with van der Waals surface area (Å²) < 4.78 is 19.5. The van der Waals surface area contributed by atoms with Gasteiger partial charge in [0.15, 0.2) is 0 Å². The van der Waals surface area contributed by atoms with Gasteiger partial charge in [-0.05, 0) is 20.3 Å². The predicted octanol–water partition coefficient (Wildman–Crippen LogP) is 2.11. The molecule has 0 fully saturated rings. The quantitative estimate of drug-likeness (QED) is 0.686. The average molecular weight is 197 g/mol. The maximum absolute atomic E-state index is 10.3. The molecule has 0 aliphatic rings. The molecule has 0 radical (unpaired) electrons. The Morgan fingerprint density at radius 1 is 1.17 bits per heavy atom. The number of hydrogen-bond acceptors (Lipinski definition) is 4. The fraction of sp³-hybridized carbons (Fsp3) is 1.00. The summed E-state index contributed by atoms with van der Waals surface area (Å²) in [5, 5.41) is 7.88. The van der Waals surface area contributed by atoms with E-state index in [2.05, 4.69) is 9.05 Å². The summed E-state index contributed by atoms with van der Waals surface area (Å²) in [6.07, 6.45) is 0.875. The Morgan fingerprint density at radius 3 is 1.67 bits per heavy atom. The number of aliphatic hydroxyl groups excluding tert-OH is 1. The second-order valence-corrected chi connectivity index (χ2v) is 2.75. The molecule has 1 N–H and O–H groups in total. The van der Waals surface area contributed by atoms with E-state index in [1.807, 2.05) is 6.92 Å². The number of hydrogen-bond donors (Lipinski definition) is 1. The molecule has 0 heterocycles. The van der Waals surface area contributed by atoms with Gasteiger partial charge in [0.2, 0.25) is 0 Å². The molecule has 4 nitrogen and oxygen atoms in total. The third-order valence-corrected chi connectivity index (χ3v) is 1.63. The molecular formula is C7H18O4P+. The van der Waals surface area contributed by atoms with Gasteiger partial charge in [0, 0.05) is 11.2 Å². The molecule has 0 saturated carbocycles. The first-order valence-corrected chi connectivity index (χ1v) is 5.16. The molecule has 0 spiro atoms. The van der Waals surface area contributed by atoms with Crippen LogP contribution in [-0.2, 0) is 13.6 Å². The van der Waals surface area contributed by atoms with Gasteiger partial charge in [-0.15, -0.1) is 9.05 Å². The Kier molecular flexibility index (Phi) is 16.4. The average Bonchev–Trinajstić information content (AvgIpc) is 2.06. The Morgan fingerprint density at radius 2 is 1.50 bits per heavy atom. The highest BCUT2D eigenvalue weighted by atomic mass is 31.1. The van der Waals surface area contributed by atoms with Crippen LogP contribution in [0.1, 0.15) is 27.2 Å². The van der Waals surface area contributed by atoms with Crippen molar-refractivity contribution in [3.05, 3.63) is 0 Å². The minimum absolute atomic E-state index is 0.319. The third-order valence-electron chi connectivity index (χ3n) is 0.693. The molecule has 0 saturated heterocycles. The second kappa shape index (κ2) is 13.6. The smallest absolute Gasteiger partial charge is 0.396 e. The van der Waals surface area contributed by atoms with Crippen molar-refractivity contribution in [2.75, 3.05) is 19.8 Å². The molecule has 74 valence electrons. The normalized spacial score (nSPS) is 8.67. The Balaban J connectivity index is 0. The van der Waals surface area contributed by atoms with E-state index in [0.29, 0.717) is 19.8 Å². The van der Waals surface area contributed by atoms with Gasteiger partial charge in [-0.25, -0.2) is 0 Å². The van der Waals surface area contributed by atoms with Gasteiger partial charge in [0.05, 0.1) is 0 Å². The van der Waals surface area contributed by atoms with Gasteiger partial charge in [0.1, 0.15) is 13.2 Å². The van der Waals surface area contributed by atoms with E-state index in [0.717, 1.165) is 6.42 Å². The van der Waals surface area contributed by atoms with Crippen molar-refractivity contribution in [2.45, 2.75) is 27.2 Å². The van der Waals surface area contributed by atoms with Crippen LogP contribution in [0.4, 0.5) is 0 Å². The van der Waals surface area contributed by atoms with E-state index < -0.39 is 8.25 Å². The van der Waals surface area contributed by atoms with Crippen molar-refractivity contribution in [1.82, 2.24) is 0 Å². The highest BCUT2D eigenvalue weighted by Crippen LogP contribution is 2.21. The Bertz CT molecular complexity index is 87.4. The Hall–Kier alpha value is -0.0200. The first-order valence-electron chi connectivity index (χ1n) is 4.06. The molecule has 0 amide bonds. The van der Waals surface area contributed by atoms with Crippen molar-refractivity contribution in [1.29, 1.82) is 0 Å². The zero-order chi connectivity index (χ0) is 9.82. The van der Waals surface area contributed by atoms with Gasteiger partial charge < -0.3 is 5.11 Å².